The highest BCUT2D eigenvalue weighted by Gasteiger charge is 2.17. The number of hydrogen-bond acceptors (Lipinski definition) is 3. The molecule has 0 unspecified atom stereocenters. The number of carbonyl (C=O) groups is 1. The highest BCUT2D eigenvalue weighted by Crippen LogP contribution is 2.18. The summed E-state index contributed by atoms with van der Waals surface area (Å²) in [7, 11) is 0. The number of amides is 2. The van der Waals surface area contributed by atoms with Crippen molar-refractivity contribution in [2.75, 3.05) is 6.54 Å². The Balaban J connectivity index is 1.78. The molecule has 3 rings (SSSR count). The van der Waals surface area contributed by atoms with Gasteiger partial charge in [-0.25, -0.2) is 9.78 Å². The molecule has 0 saturated heterocycles. The molecule has 3 aromatic rings. The van der Waals surface area contributed by atoms with Gasteiger partial charge in [-0.3, -0.25) is 4.98 Å². The molecular formula is C21H24ClN5O. The molecule has 0 aliphatic heterocycles. The Morgan fingerprint density at radius 2 is 1.93 bits per heavy atom. The van der Waals surface area contributed by atoms with Gasteiger partial charge in [0.15, 0.2) is 0 Å². The van der Waals surface area contributed by atoms with Crippen LogP contribution >= 0.6 is 11.6 Å². The number of benzene rings is 1. The second-order valence-corrected chi connectivity index (χ2v) is 6.91. The van der Waals surface area contributed by atoms with Crippen molar-refractivity contribution >= 4 is 17.6 Å². The molecule has 2 heterocycles. The molecule has 0 aliphatic carbocycles. The maximum Gasteiger partial charge on any atom is 0.318 e. The Kier molecular flexibility index (Phi) is 7.03. The summed E-state index contributed by atoms with van der Waals surface area (Å²) in [6.45, 7) is 4.16. The molecule has 1 N–H and O–H groups in total. The largest absolute Gasteiger partial charge is 0.338 e. The molecular weight excluding hydrogens is 374 g/mol. The first-order valence-electron chi connectivity index (χ1n) is 9.32. The minimum Gasteiger partial charge on any atom is -0.338 e. The van der Waals surface area contributed by atoms with E-state index in [1.165, 1.54) is 0 Å². The van der Waals surface area contributed by atoms with E-state index in [0.29, 0.717) is 26.2 Å². The summed E-state index contributed by atoms with van der Waals surface area (Å²) in [5.41, 5.74) is 2.03. The zero-order chi connectivity index (χ0) is 19.8. The minimum atomic E-state index is -0.106. The Morgan fingerprint density at radius 3 is 2.68 bits per heavy atom. The van der Waals surface area contributed by atoms with Crippen LogP contribution in [0.15, 0.2) is 61.2 Å². The summed E-state index contributed by atoms with van der Waals surface area (Å²) >= 11 is 6.30. The molecule has 0 fully saturated rings. The fourth-order valence-electron chi connectivity index (χ4n) is 2.87. The zero-order valence-electron chi connectivity index (χ0n) is 15.9. The van der Waals surface area contributed by atoms with E-state index < -0.39 is 0 Å². The van der Waals surface area contributed by atoms with Crippen LogP contribution in [0.25, 0.3) is 0 Å². The van der Waals surface area contributed by atoms with Crippen LogP contribution in [0, 0.1) is 0 Å². The number of halogens is 1. The van der Waals surface area contributed by atoms with Gasteiger partial charge in [0.05, 0.1) is 13.1 Å². The molecule has 0 atom stereocenters. The summed E-state index contributed by atoms with van der Waals surface area (Å²) in [4.78, 5) is 23.0. The van der Waals surface area contributed by atoms with Gasteiger partial charge < -0.3 is 14.8 Å². The highest BCUT2D eigenvalue weighted by atomic mass is 35.5. The lowest BCUT2D eigenvalue weighted by Crippen LogP contribution is -2.40. The maximum absolute atomic E-state index is 12.7. The van der Waals surface area contributed by atoms with Crippen LogP contribution in [0.3, 0.4) is 0 Å². The Hall–Kier alpha value is -2.86. The highest BCUT2D eigenvalue weighted by molar-refractivity contribution is 6.31. The van der Waals surface area contributed by atoms with Crippen LogP contribution in [0.2, 0.25) is 5.02 Å². The predicted octanol–water partition coefficient (Wildman–Crippen LogP) is 4.10. The normalized spacial score (nSPS) is 10.6. The third-order valence-corrected chi connectivity index (χ3v) is 4.74. The zero-order valence-corrected chi connectivity index (χ0v) is 16.6. The number of imidazole rings is 1. The number of rotatable bonds is 8. The van der Waals surface area contributed by atoms with E-state index in [2.05, 4.69) is 15.3 Å². The SMILES string of the molecule is CCCNC(=O)N(Cc1ccncc1)Cc1nccn1Cc1ccccc1Cl. The smallest absolute Gasteiger partial charge is 0.318 e. The number of carbonyl (C=O) groups excluding carboxylic acids is 1. The number of aromatic nitrogens is 3. The predicted molar refractivity (Wildman–Crippen MR) is 110 cm³/mol. The number of urea groups is 1. The molecule has 6 nitrogen and oxygen atoms in total. The lowest BCUT2D eigenvalue weighted by atomic mass is 10.2. The van der Waals surface area contributed by atoms with Crippen molar-refractivity contribution < 1.29 is 4.79 Å². The number of nitrogens with zero attached hydrogens (tertiary/aromatic N) is 4. The summed E-state index contributed by atoms with van der Waals surface area (Å²) < 4.78 is 2.02. The molecule has 7 heteroatoms. The Bertz CT molecular complexity index is 897. The summed E-state index contributed by atoms with van der Waals surface area (Å²) in [6, 6.07) is 11.5. The van der Waals surface area contributed by atoms with Gasteiger partial charge in [-0.2, -0.15) is 0 Å². The Morgan fingerprint density at radius 1 is 1.14 bits per heavy atom. The molecule has 146 valence electrons. The van der Waals surface area contributed by atoms with E-state index in [1.807, 2.05) is 54.1 Å². The summed E-state index contributed by atoms with van der Waals surface area (Å²) in [5, 5.41) is 3.68. The van der Waals surface area contributed by atoms with Crippen LogP contribution in [0.5, 0.6) is 0 Å². The van der Waals surface area contributed by atoms with Crippen molar-refractivity contribution in [3.8, 4) is 0 Å². The fourth-order valence-corrected chi connectivity index (χ4v) is 3.06. The molecule has 1 aromatic carbocycles. The lowest BCUT2D eigenvalue weighted by Gasteiger charge is -2.23. The molecule has 2 amide bonds. The Labute approximate surface area is 170 Å². The third kappa shape index (κ3) is 5.33. The first-order chi connectivity index (χ1) is 13.7. The van der Waals surface area contributed by atoms with Crippen molar-refractivity contribution in [2.24, 2.45) is 0 Å². The van der Waals surface area contributed by atoms with Gasteiger partial charge in [0.2, 0.25) is 0 Å². The van der Waals surface area contributed by atoms with Crippen molar-refractivity contribution in [1.29, 1.82) is 0 Å². The van der Waals surface area contributed by atoms with Crippen LogP contribution in [0.4, 0.5) is 4.79 Å². The second kappa shape index (κ2) is 9.90. The minimum absolute atomic E-state index is 0.106. The summed E-state index contributed by atoms with van der Waals surface area (Å²) in [5.74, 6) is 0.806. The first-order valence-corrected chi connectivity index (χ1v) is 9.70. The van der Waals surface area contributed by atoms with Gasteiger partial charge in [-0.15, -0.1) is 0 Å². The summed E-state index contributed by atoms with van der Waals surface area (Å²) in [6.07, 6.45) is 8.01. The quantitative estimate of drug-likeness (QED) is 0.622. The van der Waals surface area contributed by atoms with Gasteiger partial charge >= 0.3 is 6.03 Å². The van der Waals surface area contributed by atoms with Crippen LogP contribution in [0.1, 0.15) is 30.3 Å². The number of nitrogens with one attached hydrogen (secondary N) is 1. The van der Waals surface area contributed by atoms with E-state index in [1.54, 1.807) is 23.5 Å². The van der Waals surface area contributed by atoms with E-state index in [0.717, 1.165) is 28.4 Å². The van der Waals surface area contributed by atoms with Crippen molar-refractivity contribution in [2.45, 2.75) is 33.0 Å². The average molecular weight is 398 g/mol. The molecule has 0 spiro atoms. The molecule has 0 aliphatic rings. The van der Waals surface area contributed by atoms with Gasteiger partial charge in [0.1, 0.15) is 5.82 Å². The van der Waals surface area contributed by atoms with Crippen LogP contribution in [-0.2, 0) is 19.6 Å². The van der Waals surface area contributed by atoms with Gasteiger partial charge in [0, 0.05) is 42.9 Å². The third-order valence-electron chi connectivity index (χ3n) is 4.37. The number of pyridine rings is 1. The van der Waals surface area contributed by atoms with Crippen LogP contribution in [-0.4, -0.2) is 32.0 Å². The topological polar surface area (TPSA) is 63.1 Å². The van der Waals surface area contributed by atoms with Crippen molar-refractivity contribution in [3.63, 3.8) is 0 Å². The fraction of sp³-hybridized carbons (Fsp3) is 0.286. The van der Waals surface area contributed by atoms with Gasteiger partial charge in [-0.1, -0.05) is 36.7 Å². The molecule has 0 saturated carbocycles. The van der Waals surface area contributed by atoms with E-state index in [-0.39, 0.29) is 6.03 Å². The van der Waals surface area contributed by atoms with E-state index in [4.69, 9.17) is 11.6 Å². The van der Waals surface area contributed by atoms with Gasteiger partial charge in [0.25, 0.3) is 0 Å². The maximum atomic E-state index is 12.7. The standard InChI is InChI=1S/C21H24ClN5O/c1-2-9-25-21(28)27(14-17-7-10-23-11-8-17)16-20-24-12-13-26(20)15-18-5-3-4-6-19(18)22/h3-8,10-13H,2,9,14-16H2,1H3,(H,25,28). The van der Waals surface area contributed by atoms with E-state index >= 15 is 0 Å². The lowest BCUT2D eigenvalue weighted by molar-refractivity contribution is 0.190. The number of hydrogen-bond donors (Lipinski definition) is 1. The van der Waals surface area contributed by atoms with Crippen LogP contribution < -0.4 is 5.32 Å². The molecule has 0 radical (unpaired) electrons. The molecule has 0 bridgehead atoms. The first kappa shape index (κ1) is 19.9. The van der Waals surface area contributed by atoms with Gasteiger partial charge in [-0.05, 0) is 35.7 Å². The molecule has 28 heavy (non-hydrogen) atoms. The van der Waals surface area contributed by atoms with Crippen molar-refractivity contribution in [3.05, 3.63) is 83.2 Å². The van der Waals surface area contributed by atoms with E-state index in [9.17, 15) is 4.79 Å². The average Bonchev–Trinajstić information content (AvgIpc) is 3.15. The van der Waals surface area contributed by atoms with Crippen molar-refractivity contribution in [1.82, 2.24) is 24.8 Å². The molecule has 2 aromatic heterocycles. The second-order valence-electron chi connectivity index (χ2n) is 6.51. The monoisotopic (exact) mass is 397 g/mol.